The van der Waals surface area contributed by atoms with Gasteiger partial charge in [0.2, 0.25) is 5.91 Å². The lowest BCUT2D eigenvalue weighted by molar-refractivity contribution is -0.116. The van der Waals surface area contributed by atoms with Crippen molar-refractivity contribution in [2.45, 2.75) is 55.9 Å². The predicted molar refractivity (Wildman–Crippen MR) is 106 cm³/mol. The maximum atomic E-state index is 12.9. The van der Waals surface area contributed by atoms with Crippen LogP contribution in [0.3, 0.4) is 0 Å². The van der Waals surface area contributed by atoms with Crippen LogP contribution in [-0.4, -0.2) is 50.8 Å². The Bertz CT molecular complexity index is 725. The lowest BCUT2D eigenvalue weighted by atomic mass is 9.95. The van der Waals surface area contributed by atoms with Crippen molar-refractivity contribution in [3.05, 3.63) is 30.3 Å². The van der Waals surface area contributed by atoms with Crippen LogP contribution in [0, 0.1) is 0 Å². The average molecular weight is 390 g/mol. The largest absolute Gasteiger partial charge is 0.335 e. The Balaban J connectivity index is 1.45. The number of hydrogen-bond donors (Lipinski definition) is 1. The van der Waals surface area contributed by atoms with Crippen LogP contribution in [0.4, 0.5) is 10.5 Å². The van der Waals surface area contributed by atoms with Crippen molar-refractivity contribution in [1.29, 1.82) is 0 Å². The number of nitrogens with zero attached hydrogens (tertiary/aromatic N) is 2. The Hall–Kier alpha value is -1.89. The van der Waals surface area contributed by atoms with Gasteiger partial charge in [-0.05, 0) is 25.0 Å². The van der Waals surface area contributed by atoms with E-state index in [0.717, 1.165) is 18.5 Å². The van der Waals surface area contributed by atoms with Gasteiger partial charge in [-0.3, -0.25) is 13.9 Å². The quantitative estimate of drug-likeness (QED) is 0.845. The second kappa shape index (κ2) is 7.62. The van der Waals surface area contributed by atoms with Crippen LogP contribution in [0.25, 0.3) is 0 Å². The summed E-state index contributed by atoms with van der Waals surface area (Å²) in [7, 11) is -1.24. The fourth-order valence-electron chi connectivity index (χ4n) is 4.62. The second-order valence-corrected chi connectivity index (χ2v) is 9.51. The molecule has 0 aromatic heterocycles. The van der Waals surface area contributed by atoms with Crippen LogP contribution < -0.4 is 10.2 Å². The summed E-state index contributed by atoms with van der Waals surface area (Å²) in [4.78, 5) is 28.1. The van der Waals surface area contributed by atoms with Crippen LogP contribution in [0.2, 0.25) is 0 Å². The fraction of sp³-hybridized carbons (Fsp3) is 0.600. The highest BCUT2D eigenvalue weighted by atomic mass is 32.2. The highest BCUT2D eigenvalue weighted by Crippen LogP contribution is 2.40. The van der Waals surface area contributed by atoms with E-state index in [9.17, 15) is 13.8 Å². The molecule has 2 aliphatic heterocycles. The van der Waals surface area contributed by atoms with E-state index in [1.165, 1.54) is 19.3 Å². The number of piperidine rings is 1. The van der Waals surface area contributed by atoms with E-state index in [4.69, 9.17) is 0 Å². The van der Waals surface area contributed by atoms with Crippen LogP contribution in [0.15, 0.2) is 30.3 Å². The standard InChI is InChI=1S/C20H27N3O3S/c24-18-15-27(26)20(23(18)17-9-5-2-6-10-17)11-13-22(14-12-20)19(25)21-16-7-3-1-4-8-16/h2,5-6,9-10,16H,1,3-4,7-8,11-15H2,(H,21,25). The molecule has 1 N–H and O–H groups in total. The summed E-state index contributed by atoms with van der Waals surface area (Å²) in [6.45, 7) is 1.06. The van der Waals surface area contributed by atoms with Gasteiger partial charge in [0.15, 0.2) is 0 Å². The average Bonchev–Trinajstić information content (AvgIpc) is 2.93. The number of hydrogen-bond acceptors (Lipinski definition) is 3. The zero-order chi connectivity index (χ0) is 18.9. The van der Waals surface area contributed by atoms with Crippen molar-refractivity contribution < 1.29 is 13.8 Å². The van der Waals surface area contributed by atoms with Crippen molar-refractivity contribution in [1.82, 2.24) is 10.2 Å². The zero-order valence-corrected chi connectivity index (χ0v) is 16.4. The van der Waals surface area contributed by atoms with Gasteiger partial charge in [-0.2, -0.15) is 0 Å². The normalized spacial score (nSPS) is 25.8. The molecule has 4 rings (SSSR count). The first kappa shape index (κ1) is 18.5. The van der Waals surface area contributed by atoms with Crippen molar-refractivity contribution in [3.63, 3.8) is 0 Å². The molecule has 1 aliphatic carbocycles. The maximum Gasteiger partial charge on any atom is 0.317 e. The molecule has 0 radical (unpaired) electrons. The zero-order valence-electron chi connectivity index (χ0n) is 15.6. The van der Waals surface area contributed by atoms with Crippen LogP contribution in [-0.2, 0) is 15.6 Å². The molecule has 0 bridgehead atoms. The summed E-state index contributed by atoms with van der Waals surface area (Å²) in [5.74, 6) is -0.0111. The fourth-order valence-corrected chi connectivity index (χ4v) is 6.29. The number of anilines is 1. The first-order valence-corrected chi connectivity index (χ1v) is 11.2. The number of para-hydroxylation sites is 1. The minimum Gasteiger partial charge on any atom is -0.335 e. The molecule has 1 unspecified atom stereocenters. The van der Waals surface area contributed by atoms with Gasteiger partial charge in [-0.1, -0.05) is 37.5 Å². The number of benzene rings is 1. The first-order chi connectivity index (χ1) is 13.1. The Labute approximate surface area is 162 Å². The molecule has 1 atom stereocenters. The molecular formula is C20H27N3O3S. The molecule has 7 heteroatoms. The third kappa shape index (κ3) is 3.49. The van der Waals surface area contributed by atoms with Crippen molar-refractivity contribution >= 4 is 28.4 Å². The molecule has 6 nitrogen and oxygen atoms in total. The molecule has 1 aromatic carbocycles. The number of nitrogens with one attached hydrogen (secondary N) is 1. The first-order valence-electron chi connectivity index (χ1n) is 9.92. The van der Waals surface area contributed by atoms with Gasteiger partial charge in [0.25, 0.3) is 0 Å². The molecule has 1 saturated carbocycles. The van der Waals surface area contributed by atoms with Crippen molar-refractivity contribution in [2.24, 2.45) is 0 Å². The van der Waals surface area contributed by atoms with Gasteiger partial charge in [0, 0.05) is 37.7 Å². The van der Waals surface area contributed by atoms with E-state index in [0.29, 0.717) is 25.9 Å². The maximum absolute atomic E-state index is 12.9. The minimum atomic E-state index is -1.24. The highest BCUT2D eigenvalue weighted by Gasteiger charge is 2.53. The Kier molecular flexibility index (Phi) is 5.21. The van der Waals surface area contributed by atoms with Crippen molar-refractivity contribution in [3.8, 4) is 0 Å². The summed E-state index contributed by atoms with van der Waals surface area (Å²) in [6.07, 6.45) is 6.85. The third-order valence-corrected chi connectivity index (χ3v) is 8.06. The van der Waals surface area contributed by atoms with Crippen molar-refractivity contribution in [2.75, 3.05) is 23.7 Å². The number of urea groups is 1. The predicted octanol–water partition coefficient (Wildman–Crippen LogP) is 2.62. The molecular weight excluding hydrogens is 362 g/mol. The molecule has 146 valence electrons. The molecule has 3 aliphatic rings. The Morgan fingerprint density at radius 1 is 1.07 bits per heavy atom. The smallest absolute Gasteiger partial charge is 0.317 e. The third-order valence-electron chi connectivity index (χ3n) is 6.11. The molecule has 3 amide bonds. The van der Waals surface area contributed by atoms with Gasteiger partial charge in [-0.25, -0.2) is 4.79 Å². The van der Waals surface area contributed by atoms with Gasteiger partial charge in [0.1, 0.15) is 10.6 Å². The molecule has 1 aromatic rings. The topological polar surface area (TPSA) is 69.7 Å². The van der Waals surface area contributed by atoms with Crippen LogP contribution >= 0.6 is 0 Å². The number of amides is 3. The lowest BCUT2D eigenvalue weighted by Gasteiger charge is -2.43. The van der Waals surface area contributed by atoms with E-state index in [2.05, 4.69) is 5.32 Å². The number of rotatable bonds is 2. The van der Waals surface area contributed by atoms with Gasteiger partial charge in [-0.15, -0.1) is 0 Å². The number of carbonyl (C=O) groups excluding carboxylic acids is 2. The Morgan fingerprint density at radius 3 is 2.41 bits per heavy atom. The highest BCUT2D eigenvalue weighted by molar-refractivity contribution is 7.88. The van der Waals surface area contributed by atoms with E-state index >= 15 is 0 Å². The van der Waals surface area contributed by atoms with Crippen LogP contribution in [0.5, 0.6) is 0 Å². The number of carbonyl (C=O) groups is 2. The number of likely N-dealkylation sites (tertiary alicyclic amines) is 1. The minimum absolute atomic E-state index is 0.0156. The second-order valence-electron chi connectivity index (χ2n) is 7.77. The summed E-state index contributed by atoms with van der Waals surface area (Å²) in [5.41, 5.74) is 0.799. The van der Waals surface area contributed by atoms with Gasteiger partial charge >= 0.3 is 6.03 Å². The van der Waals surface area contributed by atoms with E-state index in [1.54, 1.807) is 4.90 Å². The summed E-state index contributed by atoms with van der Waals surface area (Å²) < 4.78 is 12.9. The van der Waals surface area contributed by atoms with Crippen LogP contribution in [0.1, 0.15) is 44.9 Å². The summed E-state index contributed by atoms with van der Waals surface area (Å²) >= 11 is 0. The lowest BCUT2D eigenvalue weighted by Crippen LogP contribution is -2.58. The monoisotopic (exact) mass is 389 g/mol. The molecule has 2 saturated heterocycles. The Morgan fingerprint density at radius 2 is 1.74 bits per heavy atom. The SMILES string of the molecule is O=C(NC1CCCCC1)N1CCC2(CC1)N(c1ccccc1)C(=O)CS2=O. The molecule has 27 heavy (non-hydrogen) atoms. The molecule has 3 fully saturated rings. The summed E-state index contributed by atoms with van der Waals surface area (Å²) in [5, 5.41) is 3.16. The van der Waals surface area contributed by atoms with E-state index in [-0.39, 0.29) is 23.7 Å². The summed E-state index contributed by atoms with van der Waals surface area (Å²) in [6, 6.07) is 9.75. The molecule has 1 spiro atoms. The van der Waals surface area contributed by atoms with E-state index < -0.39 is 15.7 Å². The van der Waals surface area contributed by atoms with E-state index in [1.807, 2.05) is 35.2 Å². The molecule has 2 heterocycles. The van der Waals surface area contributed by atoms with Gasteiger partial charge < -0.3 is 10.2 Å². The van der Waals surface area contributed by atoms with Gasteiger partial charge in [0.05, 0.1) is 10.8 Å².